The van der Waals surface area contributed by atoms with Gasteiger partial charge in [-0.1, -0.05) is 18.2 Å². The average molecular weight is 815 g/mol. The summed E-state index contributed by atoms with van der Waals surface area (Å²) in [7, 11) is 0. The van der Waals surface area contributed by atoms with Gasteiger partial charge in [-0.3, -0.25) is 24.6 Å². The van der Waals surface area contributed by atoms with Crippen LogP contribution in [0, 0.1) is 17.7 Å². The summed E-state index contributed by atoms with van der Waals surface area (Å²) in [5.41, 5.74) is 1.40. The van der Waals surface area contributed by atoms with Gasteiger partial charge in [0, 0.05) is 56.1 Å². The maximum atomic E-state index is 15.4. The van der Waals surface area contributed by atoms with Crippen molar-refractivity contribution in [2.75, 3.05) is 56.1 Å². The van der Waals surface area contributed by atoms with Crippen molar-refractivity contribution in [3.05, 3.63) is 71.4 Å². The Kier molecular flexibility index (Phi) is 12.2. The zero-order valence-corrected chi connectivity index (χ0v) is 33.8. The molecule has 2 aromatic carbocycles. The Morgan fingerprint density at radius 3 is 2.44 bits per heavy atom. The van der Waals surface area contributed by atoms with Gasteiger partial charge in [0.05, 0.1) is 12.6 Å². The molecule has 59 heavy (non-hydrogen) atoms. The summed E-state index contributed by atoms with van der Waals surface area (Å²) in [6.07, 6.45) is 9.41. The van der Waals surface area contributed by atoms with Crippen molar-refractivity contribution >= 4 is 41.1 Å². The number of benzene rings is 2. The second kappa shape index (κ2) is 17.7. The molecule has 1 aliphatic carbocycles. The third-order valence-electron chi connectivity index (χ3n) is 13.3. The zero-order valence-electron chi connectivity index (χ0n) is 33.8. The van der Waals surface area contributed by atoms with Crippen LogP contribution in [-0.2, 0) is 24.7 Å². The molecule has 2 atom stereocenters. The van der Waals surface area contributed by atoms with Crippen molar-refractivity contribution in [3.8, 4) is 0 Å². The number of hydrogen-bond acceptors (Lipinski definition) is 8. The van der Waals surface area contributed by atoms with Crippen LogP contribution in [0.15, 0.2) is 59.5 Å². The van der Waals surface area contributed by atoms with Crippen LogP contribution in [0.4, 0.5) is 25.0 Å². The Hall–Kier alpha value is -5.05. The van der Waals surface area contributed by atoms with E-state index in [2.05, 4.69) is 26.2 Å². The number of ether oxygens (including phenoxy) is 1. The third-order valence-corrected chi connectivity index (χ3v) is 13.3. The number of rotatable bonds is 9. The van der Waals surface area contributed by atoms with E-state index in [-0.39, 0.29) is 47.8 Å². The van der Waals surface area contributed by atoms with Crippen LogP contribution in [0.3, 0.4) is 0 Å². The minimum atomic E-state index is -1.18. The van der Waals surface area contributed by atoms with Gasteiger partial charge in [-0.15, -0.1) is 0 Å². The van der Waals surface area contributed by atoms with E-state index in [1.165, 1.54) is 12.3 Å². The summed E-state index contributed by atoms with van der Waals surface area (Å²) in [6, 6.07) is 11.9. The highest BCUT2D eigenvalue weighted by molar-refractivity contribution is 6.01. The molecule has 0 aromatic heterocycles. The standard InChI is InChI=1S/C44H56F2N8O5/c1-44(31-4-2-5-34(24-31)54-18-3-23-59-43(54)58)38(46)26-47-42(51-44)49-32-16-21-53(22-17-32)41(57)30-8-6-28(7-9-30)27-52-19-14-29(15-20-52)35-11-10-33(25-36(35)45)48-37-12-13-39(55)50-40(37)56/h2,4-5,10-11,24-26,28-30,32,37,48H,3,6-9,12-23,27H2,1H3,(H2,47,49,51)(H,50,55,56). The first-order valence-corrected chi connectivity index (χ1v) is 21.5. The number of hydrogen-bond donors (Lipinski definition) is 4. The van der Waals surface area contributed by atoms with Gasteiger partial charge in [-0.2, -0.15) is 0 Å². The Morgan fingerprint density at radius 1 is 0.932 bits per heavy atom. The Bertz CT molecular complexity index is 1970. The number of imide groups is 1. The van der Waals surface area contributed by atoms with E-state index in [0.29, 0.717) is 67.0 Å². The molecule has 2 unspecified atom stereocenters. The maximum absolute atomic E-state index is 15.4. The maximum Gasteiger partial charge on any atom is 0.414 e. The molecule has 4 saturated heterocycles. The molecule has 316 valence electrons. The van der Waals surface area contributed by atoms with E-state index < -0.39 is 23.5 Å². The molecule has 13 nitrogen and oxygen atoms in total. The van der Waals surface area contributed by atoms with Crippen LogP contribution in [0.5, 0.6) is 0 Å². The number of carbonyl (C=O) groups is 4. The van der Waals surface area contributed by atoms with E-state index >= 15 is 8.78 Å². The molecule has 5 aliphatic heterocycles. The Balaban J connectivity index is 0.762. The first-order chi connectivity index (χ1) is 28.5. The summed E-state index contributed by atoms with van der Waals surface area (Å²) >= 11 is 0. The number of halogens is 2. The van der Waals surface area contributed by atoms with Crippen LogP contribution in [0.1, 0.15) is 94.6 Å². The Labute approximate surface area is 344 Å². The van der Waals surface area contributed by atoms with Gasteiger partial charge < -0.3 is 30.5 Å². The van der Waals surface area contributed by atoms with Crippen molar-refractivity contribution < 1.29 is 32.7 Å². The van der Waals surface area contributed by atoms with Crippen molar-refractivity contribution in [1.82, 2.24) is 25.8 Å². The molecule has 6 aliphatic rings. The predicted molar refractivity (Wildman–Crippen MR) is 220 cm³/mol. The van der Waals surface area contributed by atoms with Gasteiger partial charge in [-0.05, 0) is 131 Å². The highest BCUT2D eigenvalue weighted by atomic mass is 19.1. The van der Waals surface area contributed by atoms with E-state index in [4.69, 9.17) is 9.73 Å². The van der Waals surface area contributed by atoms with Crippen molar-refractivity contribution in [2.24, 2.45) is 16.8 Å². The molecular weight excluding hydrogens is 759 g/mol. The number of cyclic esters (lactones) is 1. The van der Waals surface area contributed by atoms with E-state index in [9.17, 15) is 19.2 Å². The molecule has 0 bridgehead atoms. The first-order valence-electron chi connectivity index (χ1n) is 21.5. The fourth-order valence-electron chi connectivity index (χ4n) is 9.68. The minimum Gasteiger partial charge on any atom is -0.449 e. The summed E-state index contributed by atoms with van der Waals surface area (Å²) < 4.78 is 35.9. The zero-order chi connectivity index (χ0) is 41.1. The number of guanidine groups is 1. The normalized spacial score (nSPS) is 28.3. The van der Waals surface area contributed by atoms with Crippen LogP contribution < -0.4 is 26.2 Å². The van der Waals surface area contributed by atoms with Gasteiger partial charge >= 0.3 is 6.09 Å². The number of nitrogens with zero attached hydrogens (tertiary/aromatic N) is 4. The van der Waals surface area contributed by atoms with Gasteiger partial charge in [0.2, 0.25) is 17.7 Å². The number of aliphatic imine (C=N–C) groups is 1. The van der Waals surface area contributed by atoms with Crippen LogP contribution in [0.2, 0.25) is 0 Å². The van der Waals surface area contributed by atoms with Crippen LogP contribution in [0.25, 0.3) is 0 Å². The molecular formula is C44H56F2N8O5. The predicted octanol–water partition coefficient (Wildman–Crippen LogP) is 5.64. The van der Waals surface area contributed by atoms with Crippen LogP contribution >= 0.6 is 0 Å². The number of likely N-dealkylation sites (tertiary alicyclic amines) is 2. The van der Waals surface area contributed by atoms with E-state index in [0.717, 1.165) is 77.4 Å². The van der Waals surface area contributed by atoms with Gasteiger partial charge in [-0.25, -0.2) is 18.6 Å². The number of carbonyl (C=O) groups excluding carboxylic acids is 4. The van der Waals surface area contributed by atoms with Crippen LogP contribution in [-0.4, -0.2) is 97.5 Å². The monoisotopic (exact) mass is 814 g/mol. The molecule has 0 spiro atoms. The molecule has 4 N–H and O–H groups in total. The second-order valence-electron chi connectivity index (χ2n) is 17.3. The van der Waals surface area contributed by atoms with Crippen molar-refractivity contribution in [3.63, 3.8) is 0 Å². The van der Waals surface area contributed by atoms with Crippen molar-refractivity contribution in [1.29, 1.82) is 0 Å². The number of amides is 4. The van der Waals surface area contributed by atoms with E-state index in [1.807, 2.05) is 41.3 Å². The molecule has 5 fully saturated rings. The molecule has 8 rings (SSSR count). The topological polar surface area (TPSA) is 148 Å². The summed E-state index contributed by atoms with van der Waals surface area (Å²) in [5, 5.41) is 11.6. The third kappa shape index (κ3) is 9.24. The SMILES string of the molecule is CC1(c2cccc(N3CCCOC3=O)c2)NC(=NC2CCN(C(=O)C3CCC(CN4CCC(c5ccc(NC6CCC(=O)NC6=O)cc5F)CC4)CC3)CC2)NC=C1F. The summed E-state index contributed by atoms with van der Waals surface area (Å²) in [6.45, 7) is 6.83. The lowest BCUT2D eigenvalue weighted by atomic mass is 9.80. The smallest absolute Gasteiger partial charge is 0.414 e. The molecule has 5 heterocycles. The summed E-state index contributed by atoms with van der Waals surface area (Å²) in [5.74, 6) is 0.162. The lowest BCUT2D eigenvalue weighted by Gasteiger charge is -2.38. The van der Waals surface area contributed by atoms with Crippen molar-refractivity contribution in [2.45, 2.75) is 101 Å². The Morgan fingerprint density at radius 2 is 1.71 bits per heavy atom. The molecule has 15 heteroatoms. The lowest BCUT2D eigenvalue weighted by Crippen LogP contribution is -2.53. The molecule has 2 aromatic rings. The average Bonchev–Trinajstić information content (AvgIpc) is 3.24. The van der Waals surface area contributed by atoms with Gasteiger partial charge in [0.15, 0.2) is 5.96 Å². The molecule has 0 radical (unpaired) electrons. The number of nitrogens with one attached hydrogen (secondary N) is 4. The molecule has 4 amide bonds. The highest BCUT2D eigenvalue weighted by Crippen LogP contribution is 2.37. The van der Waals surface area contributed by atoms with E-state index in [1.54, 1.807) is 11.8 Å². The lowest BCUT2D eigenvalue weighted by molar-refractivity contribution is -0.138. The van der Waals surface area contributed by atoms with Gasteiger partial charge in [0.25, 0.3) is 0 Å². The summed E-state index contributed by atoms with van der Waals surface area (Å²) in [4.78, 5) is 60.6. The largest absolute Gasteiger partial charge is 0.449 e. The minimum absolute atomic E-state index is 0.0138. The molecule has 1 saturated carbocycles. The first kappa shape index (κ1) is 40.7. The fourth-order valence-corrected chi connectivity index (χ4v) is 9.68. The quantitative estimate of drug-likeness (QED) is 0.236. The second-order valence-corrected chi connectivity index (χ2v) is 17.3. The fraction of sp³-hybridized carbons (Fsp3) is 0.568. The number of anilines is 2. The van der Waals surface area contributed by atoms with Gasteiger partial charge in [0.1, 0.15) is 23.2 Å². The number of piperidine rings is 3. The highest BCUT2D eigenvalue weighted by Gasteiger charge is 2.38.